The standard InChI is InChI=1S/C14H16ClNO3/c1-3-4-8-12(14(18)19)16-13(17)10-6-5-7-11(15)9(10)2/h3-7,12H,8H2,1-2H3,(H,16,17)(H,18,19)/b4-3+. The smallest absolute Gasteiger partial charge is 0.326 e. The number of carbonyl (C=O) groups excluding carboxylic acids is 1. The van der Waals surface area contributed by atoms with Crippen molar-refractivity contribution in [3.05, 3.63) is 46.5 Å². The first-order chi connectivity index (χ1) is 8.97. The van der Waals surface area contributed by atoms with E-state index in [-0.39, 0.29) is 6.42 Å². The van der Waals surface area contributed by atoms with Crippen molar-refractivity contribution in [1.29, 1.82) is 0 Å². The van der Waals surface area contributed by atoms with Gasteiger partial charge in [-0.25, -0.2) is 4.79 Å². The van der Waals surface area contributed by atoms with Gasteiger partial charge in [-0.15, -0.1) is 0 Å². The minimum Gasteiger partial charge on any atom is -0.480 e. The van der Waals surface area contributed by atoms with Crippen LogP contribution in [0.15, 0.2) is 30.4 Å². The van der Waals surface area contributed by atoms with Crippen molar-refractivity contribution < 1.29 is 14.7 Å². The summed E-state index contributed by atoms with van der Waals surface area (Å²) < 4.78 is 0. The molecule has 1 rings (SSSR count). The second-order valence-electron chi connectivity index (χ2n) is 4.08. The largest absolute Gasteiger partial charge is 0.480 e. The molecule has 0 bridgehead atoms. The van der Waals surface area contributed by atoms with Crippen molar-refractivity contribution in [2.24, 2.45) is 0 Å². The number of halogens is 1. The van der Waals surface area contributed by atoms with Crippen molar-refractivity contribution in [2.75, 3.05) is 0 Å². The fraction of sp³-hybridized carbons (Fsp3) is 0.286. The van der Waals surface area contributed by atoms with Crippen LogP contribution in [0.3, 0.4) is 0 Å². The number of carbonyl (C=O) groups is 2. The van der Waals surface area contributed by atoms with E-state index in [1.165, 1.54) is 0 Å². The Labute approximate surface area is 117 Å². The van der Waals surface area contributed by atoms with E-state index in [0.717, 1.165) is 0 Å². The van der Waals surface area contributed by atoms with Gasteiger partial charge in [0.1, 0.15) is 6.04 Å². The number of nitrogens with one attached hydrogen (secondary N) is 1. The molecule has 0 heterocycles. The summed E-state index contributed by atoms with van der Waals surface area (Å²) in [4.78, 5) is 23.1. The Morgan fingerprint density at radius 1 is 1.47 bits per heavy atom. The molecule has 0 radical (unpaired) electrons. The first-order valence-corrected chi connectivity index (χ1v) is 6.25. The molecule has 1 aromatic carbocycles. The number of carboxylic acid groups (broad SMARTS) is 1. The van der Waals surface area contributed by atoms with Gasteiger partial charge in [-0.2, -0.15) is 0 Å². The SMILES string of the molecule is C/C=C/CC(NC(=O)c1cccc(Cl)c1C)C(=O)O. The highest BCUT2D eigenvalue weighted by Gasteiger charge is 2.20. The lowest BCUT2D eigenvalue weighted by molar-refractivity contribution is -0.139. The van der Waals surface area contributed by atoms with E-state index in [1.807, 2.05) is 0 Å². The van der Waals surface area contributed by atoms with Gasteiger partial charge in [-0.3, -0.25) is 4.79 Å². The second-order valence-corrected chi connectivity index (χ2v) is 4.49. The van der Waals surface area contributed by atoms with Gasteiger partial charge in [0.05, 0.1) is 0 Å². The predicted molar refractivity (Wildman–Crippen MR) is 74.5 cm³/mol. The number of hydrogen-bond acceptors (Lipinski definition) is 2. The number of benzene rings is 1. The number of hydrogen-bond donors (Lipinski definition) is 2. The van der Waals surface area contributed by atoms with E-state index < -0.39 is 17.9 Å². The Morgan fingerprint density at radius 3 is 2.74 bits per heavy atom. The van der Waals surface area contributed by atoms with E-state index in [9.17, 15) is 9.59 Å². The molecular formula is C14H16ClNO3. The molecule has 5 heteroatoms. The molecule has 0 aliphatic rings. The molecule has 102 valence electrons. The molecule has 19 heavy (non-hydrogen) atoms. The van der Waals surface area contributed by atoms with Crippen LogP contribution in [0.2, 0.25) is 5.02 Å². The maximum atomic E-state index is 12.0. The van der Waals surface area contributed by atoms with Crippen LogP contribution in [0.5, 0.6) is 0 Å². The lowest BCUT2D eigenvalue weighted by Gasteiger charge is -2.14. The van der Waals surface area contributed by atoms with Crippen LogP contribution >= 0.6 is 11.6 Å². The van der Waals surface area contributed by atoms with Crippen molar-refractivity contribution in [2.45, 2.75) is 26.3 Å². The van der Waals surface area contributed by atoms with Gasteiger partial charge in [0.15, 0.2) is 0 Å². The Balaban J connectivity index is 2.88. The summed E-state index contributed by atoms with van der Waals surface area (Å²) in [6.07, 6.45) is 3.69. The quantitative estimate of drug-likeness (QED) is 0.816. The zero-order chi connectivity index (χ0) is 14.4. The van der Waals surface area contributed by atoms with E-state index >= 15 is 0 Å². The summed E-state index contributed by atoms with van der Waals surface area (Å²) >= 11 is 5.93. The van der Waals surface area contributed by atoms with Gasteiger partial charge in [-0.05, 0) is 38.0 Å². The molecule has 4 nitrogen and oxygen atoms in total. The number of allylic oxidation sites excluding steroid dienone is 1. The summed E-state index contributed by atoms with van der Waals surface area (Å²) in [5, 5.41) is 12.0. The zero-order valence-corrected chi connectivity index (χ0v) is 11.6. The third kappa shape index (κ3) is 4.10. The lowest BCUT2D eigenvalue weighted by atomic mass is 10.1. The van der Waals surface area contributed by atoms with Crippen molar-refractivity contribution in [1.82, 2.24) is 5.32 Å². The Bertz CT molecular complexity index is 511. The molecule has 0 saturated carbocycles. The molecular weight excluding hydrogens is 266 g/mol. The number of rotatable bonds is 5. The molecule has 2 N–H and O–H groups in total. The minimum atomic E-state index is -1.06. The van der Waals surface area contributed by atoms with Crippen LogP contribution in [0.4, 0.5) is 0 Å². The molecule has 1 amide bonds. The summed E-state index contributed by atoms with van der Waals surface area (Å²) in [5.41, 5.74) is 1.02. The molecule has 1 unspecified atom stereocenters. The topological polar surface area (TPSA) is 66.4 Å². The lowest BCUT2D eigenvalue weighted by Crippen LogP contribution is -2.40. The minimum absolute atomic E-state index is 0.247. The van der Waals surface area contributed by atoms with E-state index in [0.29, 0.717) is 16.1 Å². The number of aliphatic carboxylic acids is 1. The highest BCUT2D eigenvalue weighted by molar-refractivity contribution is 6.31. The molecule has 0 fully saturated rings. The van der Waals surface area contributed by atoms with Gasteiger partial charge >= 0.3 is 5.97 Å². The van der Waals surface area contributed by atoms with Crippen LogP contribution in [0, 0.1) is 6.92 Å². The third-order valence-electron chi connectivity index (χ3n) is 2.72. The Morgan fingerprint density at radius 2 is 2.16 bits per heavy atom. The average Bonchev–Trinajstić information content (AvgIpc) is 2.37. The highest BCUT2D eigenvalue weighted by atomic mass is 35.5. The van der Waals surface area contributed by atoms with Gasteiger partial charge < -0.3 is 10.4 Å². The molecule has 0 saturated heterocycles. The third-order valence-corrected chi connectivity index (χ3v) is 3.13. The van der Waals surface area contributed by atoms with Crippen molar-refractivity contribution in [3.63, 3.8) is 0 Å². The van der Waals surface area contributed by atoms with Crippen molar-refractivity contribution in [3.8, 4) is 0 Å². The van der Waals surface area contributed by atoms with Gasteiger partial charge in [0.25, 0.3) is 5.91 Å². The second kappa shape index (κ2) is 6.95. The highest BCUT2D eigenvalue weighted by Crippen LogP contribution is 2.18. The van der Waals surface area contributed by atoms with Crippen molar-refractivity contribution >= 4 is 23.5 Å². The molecule has 1 aromatic rings. The molecule has 0 aliphatic heterocycles. The van der Waals surface area contributed by atoms with Crippen LogP contribution < -0.4 is 5.32 Å². The first kappa shape index (κ1) is 15.2. The average molecular weight is 282 g/mol. The van der Waals surface area contributed by atoms with Crippen LogP contribution in [0.1, 0.15) is 29.3 Å². The van der Waals surface area contributed by atoms with E-state index in [4.69, 9.17) is 16.7 Å². The predicted octanol–water partition coefficient (Wildman–Crippen LogP) is 2.80. The van der Waals surface area contributed by atoms with Gasteiger partial charge in [0, 0.05) is 10.6 Å². The van der Waals surface area contributed by atoms with Crippen LogP contribution in [-0.4, -0.2) is 23.0 Å². The van der Waals surface area contributed by atoms with Crippen LogP contribution in [0.25, 0.3) is 0 Å². The Kier molecular flexibility index (Phi) is 5.57. The molecule has 0 aromatic heterocycles. The fourth-order valence-electron chi connectivity index (χ4n) is 1.58. The maximum Gasteiger partial charge on any atom is 0.326 e. The molecule has 0 aliphatic carbocycles. The van der Waals surface area contributed by atoms with Gasteiger partial charge in [0.2, 0.25) is 0 Å². The summed E-state index contributed by atoms with van der Waals surface area (Å²) in [7, 11) is 0. The molecule has 0 spiro atoms. The number of carboxylic acids is 1. The fourth-order valence-corrected chi connectivity index (χ4v) is 1.76. The summed E-state index contributed by atoms with van der Waals surface area (Å²) in [6, 6.07) is 4.02. The monoisotopic (exact) mass is 281 g/mol. The van der Waals surface area contributed by atoms with E-state index in [1.54, 1.807) is 44.2 Å². The maximum absolute atomic E-state index is 12.0. The summed E-state index contributed by atoms with van der Waals surface area (Å²) in [5.74, 6) is -1.50. The number of amides is 1. The normalized spacial score (nSPS) is 12.4. The first-order valence-electron chi connectivity index (χ1n) is 5.87. The molecule has 1 atom stereocenters. The Hall–Kier alpha value is -1.81. The summed E-state index contributed by atoms with van der Waals surface area (Å²) in [6.45, 7) is 3.51. The van der Waals surface area contributed by atoms with Gasteiger partial charge in [-0.1, -0.05) is 29.8 Å². The zero-order valence-electron chi connectivity index (χ0n) is 10.8. The van der Waals surface area contributed by atoms with Crippen LogP contribution in [-0.2, 0) is 4.79 Å². The van der Waals surface area contributed by atoms with E-state index in [2.05, 4.69) is 5.32 Å².